The Balaban J connectivity index is 1.69. The lowest BCUT2D eigenvalue weighted by atomic mass is 9.97. The predicted molar refractivity (Wildman–Crippen MR) is 96.7 cm³/mol. The van der Waals surface area contributed by atoms with Gasteiger partial charge in [0.25, 0.3) is 5.91 Å². The van der Waals surface area contributed by atoms with Crippen LogP contribution in [0.3, 0.4) is 0 Å². The summed E-state index contributed by atoms with van der Waals surface area (Å²) in [6.45, 7) is 4.86. The van der Waals surface area contributed by atoms with Crippen LogP contribution in [0.5, 0.6) is 5.75 Å². The van der Waals surface area contributed by atoms with Gasteiger partial charge in [-0.2, -0.15) is 0 Å². The van der Waals surface area contributed by atoms with Gasteiger partial charge < -0.3 is 14.5 Å². The molecule has 1 aliphatic rings. The molecule has 0 spiro atoms. The van der Waals surface area contributed by atoms with Gasteiger partial charge in [0.05, 0.1) is 25.0 Å². The van der Waals surface area contributed by atoms with Crippen LogP contribution < -0.4 is 10.1 Å². The third-order valence-electron chi connectivity index (χ3n) is 4.94. The lowest BCUT2D eigenvalue weighted by Gasteiger charge is -2.35. The summed E-state index contributed by atoms with van der Waals surface area (Å²) in [5, 5.41) is 3.05. The van der Waals surface area contributed by atoms with E-state index in [0.29, 0.717) is 17.9 Å². The van der Waals surface area contributed by atoms with Gasteiger partial charge in [-0.25, -0.2) is 0 Å². The molecule has 0 aliphatic carbocycles. The molecule has 3 rings (SSSR count). The molecule has 1 atom stereocenters. The number of amides is 1. The molecule has 2 heterocycles. The number of methoxy groups -OCH3 is 1. The van der Waals surface area contributed by atoms with Crippen LogP contribution in [0.15, 0.2) is 47.1 Å². The quantitative estimate of drug-likeness (QED) is 0.873. The fourth-order valence-electron chi connectivity index (χ4n) is 3.35. The van der Waals surface area contributed by atoms with E-state index >= 15 is 0 Å². The highest BCUT2D eigenvalue weighted by atomic mass is 16.5. The first-order valence-electron chi connectivity index (χ1n) is 8.87. The van der Waals surface area contributed by atoms with Gasteiger partial charge in [0.1, 0.15) is 11.5 Å². The van der Waals surface area contributed by atoms with Crippen LogP contribution >= 0.6 is 0 Å². The largest absolute Gasteiger partial charge is 0.496 e. The van der Waals surface area contributed by atoms with Gasteiger partial charge in [0.15, 0.2) is 0 Å². The van der Waals surface area contributed by atoms with Gasteiger partial charge in [-0.15, -0.1) is 0 Å². The first-order chi connectivity index (χ1) is 12.2. The molecule has 1 aromatic heterocycles. The number of furan rings is 1. The number of carbonyl (C=O) groups is 1. The van der Waals surface area contributed by atoms with Gasteiger partial charge in [0.2, 0.25) is 0 Å². The number of para-hydroxylation sites is 1. The molecule has 0 saturated carbocycles. The van der Waals surface area contributed by atoms with Crippen molar-refractivity contribution in [3.05, 3.63) is 54.0 Å². The van der Waals surface area contributed by atoms with Crippen molar-refractivity contribution in [1.29, 1.82) is 0 Å². The highest BCUT2D eigenvalue weighted by molar-refractivity contribution is 5.96. The molecule has 1 N–H and O–H groups in total. The van der Waals surface area contributed by atoms with Gasteiger partial charge in [-0.3, -0.25) is 9.69 Å². The number of hydrogen-bond donors (Lipinski definition) is 1. The SMILES string of the molecule is COc1ccccc1C(=O)NCC(c1ccco1)N1CCC(C)CC1. The predicted octanol–water partition coefficient (Wildman–Crippen LogP) is 3.49. The Morgan fingerprint density at radius 1 is 1.28 bits per heavy atom. The Morgan fingerprint density at radius 2 is 2.04 bits per heavy atom. The van der Waals surface area contributed by atoms with Crippen LogP contribution in [0.2, 0.25) is 0 Å². The first-order valence-corrected chi connectivity index (χ1v) is 8.87. The Kier molecular flexibility index (Phi) is 5.76. The van der Waals surface area contributed by atoms with Crippen molar-refractivity contribution in [3.63, 3.8) is 0 Å². The molecule has 2 aromatic rings. The second-order valence-electron chi connectivity index (χ2n) is 6.66. The molecule has 5 nitrogen and oxygen atoms in total. The van der Waals surface area contributed by atoms with Crippen molar-refractivity contribution in [2.45, 2.75) is 25.8 Å². The summed E-state index contributed by atoms with van der Waals surface area (Å²) in [6, 6.07) is 11.2. The average molecular weight is 342 g/mol. The molecule has 25 heavy (non-hydrogen) atoms. The normalized spacial score (nSPS) is 17.2. The minimum absolute atomic E-state index is 0.0566. The zero-order chi connectivity index (χ0) is 17.6. The van der Waals surface area contributed by atoms with E-state index in [2.05, 4.69) is 17.1 Å². The van der Waals surface area contributed by atoms with Crippen LogP contribution in [0.1, 0.15) is 41.9 Å². The molecular weight excluding hydrogens is 316 g/mol. The Labute approximate surface area is 149 Å². The number of nitrogens with zero attached hydrogens (tertiary/aromatic N) is 1. The molecule has 1 aromatic carbocycles. The molecule has 1 saturated heterocycles. The molecule has 134 valence electrons. The van der Waals surface area contributed by atoms with Crippen molar-refractivity contribution in [1.82, 2.24) is 10.2 Å². The van der Waals surface area contributed by atoms with Crippen LogP contribution in [0.4, 0.5) is 0 Å². The third-order valence-corrected chi connectivity index (χ3v) is 4.94. The highest BCUT2D eigenvalue weighted by Gasteiger charge is 2.27. The summed E-state index contributed by atoms with van der Waals surface area (Å²) in [7, 11) is 1.58. The van der Waals surface area contributed by atoms with Crippen molar-refractivity contribution in [2.24, 2.45) is 5.92 Å². The molecule has 0 radical (unpaired) electrons. The van der Waals surface area contributed by atoms with Crippen LogP contribution in [0, 0.1) is 5.92 Å². The van der Waals surface area contributed by atoms with E-state index in [9.17, 15) is 4.79 Å². The van der Waals surface area contributed by atoms with E-state index in [-0.39, 0.29) is 11.9 Å². The van der Waals surface area contributed by atoms with Crippen LogP contribution in [0.25, 0.3) is 0 Å². The number of hydrogen-bond acceptors (Lipinski definition) is 4. The van der Waals surface area contributed by atoms with E-state index in [0.717, 1.165) is 24.8 Å². The molecule has 1 amide bonds. The van der Waals surface area contributed by atoms with E-state index < -0.39 is 0 Å². The van der Waals surface area contributed by atoms with E-state index in [1.165, 1.54) is 12.8 Å². The first kappa shape index (κ1) is 17.5. The van der Waals surface area contributed by atoms with Crippen LogP contribution in [-0.2, 0) is 0 Å². The van der Waals surface area contributed by atoms with Gasteiger partial charge in [0, 0.05) is 6.54 Å². The average Bonchev–Trinajstić information content (AvgIpc) is 3.17. The van der Waals surface area contributed by atoms with E-state index in [4.69, 9.17) is 9.15 Å². The maximum Gasteiger partial charge on any atom is 0.255 e. The van der Waals surface area contributed by atoms with Gasteiger partial charge >= 0.3 is 0 Å². The van der Waals surface area contributed by atoms with Crippen molar-refractivity contribution >= 4 is 5.91 Å². The standard InChI is InChI=1S/C20H26N2O3/c1-15-9-11-22(12-10-15)17(19-8-5-13-25-19)14-21-20(23)16-6-3-4-7-18(16)24-2/h3-8,13,15,17H,9-12,14H2,1-2H3,(H,21,23). The minimum atomic E-state index is -0.126. The highest BCUT2D eigenvalue weighted by Crippen LogP contribution is 2.27. The molecule has 1 unspecified atom stereocenters. The molecule has 0 bridgehead atoms. The van der Waals surface area contributed by atoms with Crippen molar-refractivity contribution < 1.29 is 13.9 Å². The smallest absolute Gasteiger partial charge is 0.255 e. The topological polar surface area (TPSA) is 54.7 Å². The summed E-state index contributed by atoms with van der Waals surface area (Å²) in [5.74, 6) is 2.12. The number of nitrogens with one attached hydrogen (secondary N) is 1. The lowest BCUT2D eigenvalue weighted by Crippen LogP contribution is -2.41. The number of likely N-dealkylation sites (tertiary alicyclic amines) is 1. The lowest BCUT2D eigenvalue weighted by molar-refractivity contribution is 0.0893. The number of ether oxygens (including phenoxy) is 1. The Morgan fingerprint density at radius 3 is 2.72 bits per heavy atom. The minimum Gasteiger partial charge on any atom is -0.496 e. The Bertz CT molecular complexity index is 676. The molecule has 5 heteroatoms. The van der Waals surface area contributed by atoms with Gasteiger partial charge in [-0.05, 0) is 56.1 Å². The van der Waals surface area contributed by atoms with E-state index in [1.54, 1.807) is 25.5 Å². The summed E-state index contributed by atoms with van der Waals surface area (Å²) in [6.07, 6.45) is 4.05. The summed E-state index contributed by atoms with van der Waals surface area (Å²) < 4.78 is 10.9. The van der Waals surface area contributed by atoms with Crippen LogP contribution in [-0.4, -0.2) is 37.6 Å². The summed E-state index contributed by atoms with van der Waals surface area (Å²) in [4.78, 5) is 15.0. The maximum absolute atomic E-state index is 12.6. The fourth-order valence-corrected chi connectivity index (χ4v) is 3.35. The molecule has 1 aliphatic heterocycles. The van der Waals surface area contributed by atoms with Gasteiger partial charge in [-0.1, -0.05) is 19.1 Å². The summed E-state index contributed by atoms with van der Waals surface area (Å²) in [5.41, 5.74) is 0.551. The monoisotopic (exact) mass is 342 g/mol. The zero-order valence-electron chi connectivity index (χ0n) is 14.9. The third kappa shape index (κ3) is 4.23. The second-order valence-corrected chi connectivity index (χ2v) is 6.66. The van der Waals surface area contributed by atoms with E-state index in [1.807, 2.05) is 24.3 Å². The summed E-state index contributed by atoms with van der Waals surface area (Å²) >= 11 is 0. The van der Waals surface area contributed by atoms with Crippen molar-refractivity contribution in [2.75, 3.05) is 26.7 Å². The fraction of sp³-hybridized carbons (Fsp3) is 0.450. The Hall–Kier alpha value is -2.27. The second kappa shape index (κ2) is 8.21. The molecular formula is C20H26N2O3. The number of piperidine rings is 1. The number of carbonyl (C=O) groups excluding carboxylic acids is 1. The number of benzene rings is 1. The maximum atomic E-state index is 12.6. The molecule has 1 fully saturated rings. The van der Waals surface area contributed by atoms with Crippen molar-refractivity contribution in [3.8, 4) is 5.75 Å². The number of rotatable bonds is 6. The zero-order valence-corrected chi connectivity index (χ0v) is 14.9.